The third-order valence-electron chi connectivity index (χ3n) is 4.66. The molecule has 2 nitrogen and oxygen atoms in total. The Hall–Kier alpha value is 1.67. The van der Waals surface area contributed by atoms with Crippen LogP contribution >= 0.6 is 64.6 Å². The fourth-order valence-corrected chi connectivity index (χ4v) is 3.72. The van der Waals surface area contributed by atoms with E-state index >= 15 is 0 Å². The molecule has 3 rings (SSSR count). The molecule has 1 aromatic rings. The Kier molecular flexibility index (Phi) is 6.58. The second kappa shape index (κ2) is 7.17. The van der Waals surface area contributed by atoms with E-state index in [1.54, 1.807) is 0 Å². The SMILES string of the molecule is CC(C)[C@]12CCC[C@H]1C[N+](c1ccc(Cl)cc1)=N2.[Cl][Sb-]([Cl])([Cl])([Cl])([Cl])[Cl]. The standard InChI is InChI=1S/C15H20ClN2.6ClH.Sb/c1-11(2)15-9-3-4-12(15)10-18(17-15)14-7-5-13(16)6-8-14;;;;;;;/h5-8,11-12H,3-4,9-10H2,1-2H3;6*1H;/q+1;;;;;;;+5/p-6/t12-,15+;;;;;;;/m0......./s1. The van der Waals surface area contributed by atoms with E-state index in [0.29, 0.717) is 5.92 Å². The van der Waals surface area contributed by atoms with Crippen LogP contribution in [0.15, 0.2) is 29.4 Å². The number of fused-ring (bicyclic) bond motifs is 1. The van der Waals surface area contributed by atoms with E-state index in [9.17, 15) is 0 Å². The van der Waals surface area contributed by atoms with Crippen molar-refractivity contribution in [3.05, 3.63) is 29.3 Å². The predicted molar refractivity (Wildman–Crippen MR) is 114 cm³/mol. The van der Waals surface area contributed by atoms with Crippen molar-refractivity contribution in [1.29, 1.82) is 0 Å². The van der Waals surface area contributed by atoms with E-state index in [-0.39, 0.29) is 5.54 Å². The summed E-state index contributed by atoms with van der Waals surface area (Å²) >= 11 is 5.94. The fraction of sp³-hybridized carbons (Fsp3) is 0.600. The van der Waals surface area contributed by atoms with Crippen LogP contribution in [0, 0.1) is 11.8 Å². The van der Waals surface area contributed by atoms with Crippen molar-refractivity contribution in [2.75, 3.05) is 6.54 Å². The zero-order valence-electron chi connectivity index (χ0n) is 13.8. The number of halogens is 7. The van der Waals surface area contributed by atoms with Crippen molar-refractivity contribution in [3.63, 3.8) is 0 Å². The van der Waals surface area contributed by atoms with Crippen LogP contribution in [0.25, 0.3) is 0 Å². The first kappa shape index (κ1) is 23.0. The first-order chi connectivity index (χ1) is 11.1. The van der Waals surface area contributed by atoms with Crippen molar-refractivity contribution in [2.45, 2.75) is 38.6 Å². The van der Waals surface area contributed by atoms with Gasteiger partial charge < -0.3 is 0 Å². The Morgan fingerprint density at radius 2 is 1.60 bits per heavy atom. The fourth-order valence-electron chi connectivity index (χ4n) is 3.59. The van der Waals surface area contributed by atoms with Gasteiger partial charge in [0.1, 0.15) is 5.54 Å². The quantitative estimate of drug-likeness (QED) is 0.240. The van der Waals surface area contributed by atoms with E-state index in [2.05, 4.69) is 30.7 Å². The van der Waals surface area contributed by atoms with Crippen LogP contribution in [-0.2, 0) is 0 Å². The number of hydrogen-bond donors (Lipinski definition) is 0. The third-order valence-corrected chi connectivity index (χ3v) is 4.91. The molecule has 0 N–H and O–H groups in total. The zero-order chi connectivity index (χ0) is 19.2. The maximum atomic E-state index is 5.94. The average Bonchev–Trinajstić information content (AvgIpc) is 2.93. The second-order valence-corrected chi connectivity index (χ2v) is 64.2. The first-order valence-corrected chi connectivity index (χ1v) is 27.7. The molecule has 2 aliphatic rings. The molecule has 1 heterocycles. The van der Waals surface area contributed by atoms with E-state index in [0.717, 1.165) is 17.5 Å². The monoisotopic (exact) mass is 594 g/mol. The van der Waals surface area contributed by atoms with Gasteiger partial charge in [0.2, 0.25) is 5.69 Å². The molecule has 0 spiro atoms. The number of hydrogen-bond acceptors (Lipinski definition) is 1. The summed E-state index contributed by atoms with van der Waals surface area (Å²) in [5.74, 6) is 1.36. The number of azo groups is 2. The van der Waals surface area contributed by atoms with Gasteiger partial charge in [-0.2, -0.15) is 0 Å². The van der Waals surface area contributed by atoms with Crippen LogP contribution in [0.4, 0.5) is 5.69 Å². The van der Waals surface area contributed by atoms with E-state index in [4.69, 9.17) is 69.7 Å². The summed E-state index contributed by atoms with van der Waals surface area (Å²) in [4.78, 5) is 0. The topological polar surface area (TPSA) is 15.4 Å². The summed E-state index contributed by atoms with van der Waals surface area (Å²) in [7, 11) is 25.0. The predicted octanol–water partition coefficient (Wildman–Crippen LogP) is 8.40. The van der Waals surface area contributed by atoms with Gasteiger partial charge in [-0.15, -0.1) is 0 Å². The molecule has 0 bridgehead atoms. The summed E-state index contributed by atoms with van der Waals surface area (Å²) in [6.07, 6.45) is 3.91. The summed E-state index contributed by atoms with van der Waals surface area (Å²) in [6, 6.07) is 8.03. The van der Waals surface area contributed by atoms with Crippen LogP contribution in [0.2, 0.25) is 5.02 Å². The third kappa shape index (κ3) is 7.54. The van der Waals surface area contributed by atoms with E-state index in [1.807, 2.05) is 12.1 Å². The summed E-state index contributed by atoms with van der Waals surface area (Å²) in [5, 5.41) is 5.86. The molecular formula is C15H20Cl7N2Sb. The molecule has 0 amide bonds. The molecular weight excluding hydrogens is 578 g/mol. The van der Waals surface area contributed by atoms with Gasteiger partial charge in [-0.05, 0) is 36.0 Å². The maximum absolute atomic E-state index is 5.94. The van der Waals surface area contributed by atoms with Gasteiger partial charge in [-0.1, -0.05) is 36.6 Å². The molecule has 1 aliphatic heterocycles. The van der Waals surface area contributed by atoms with E-state index < -0.39 is 9.14 Å². The van der Waals surface area contributed by atoms with Crippen LogP contribution in [0.5, 0.6) is 0 Å². The number of nitrogens with zero attached hydrogens (tertiary/aromatic N) is 2. The minimum absolute atomic E-state index is 0.194. The Morgan fingerprint density at radius 1 is 1.08 bits per heavy atom. The molecule has 0 radical (unpaired) electrons. The minimum atomic E-state index is -5.42. The molecule has 25 heavy (non-hydrogen) atoms. The molecule has 10 heteroatoms. The van der Waals surface area contributed by atoms with Gasteiger partial charge >= 0.3 is 62.1 Å². The number of rotatable bonds is 2. The molecule has 2 atom stereocenters. The normalized spacial score (nSPS) is 28.6. The van der Waals surface area contributed by atoms with Gasteiger partial charge in [-0.25, -0.2) is 0 Å². The summed E-state index contributed by atoms with van der Waals surface area (Å²) in [5.41, 5.74) is 1.37. The second-order valence-electron chi connectivity index (χ2n) is 6.85. The van der Waals surface area contributed by atoms with Crippen molar-refractivity contribution in [2.24, 2.45) is 17.0 Å². The first-order valence-electron chi connectivity index (χ1n) is 7.89. The van der Waals surface area contributed by atoms with Gasteiger partial charge in [-0.3, -0.25) is 0 Å². The number of benzene rings is 1. The summed E-state index contributed by atoms with van der Waals surface area (Å²) < 4.78 is 2.19. The van der Waals surface area contributed by atoms with Crippen LogP contribution < -0.4 is 0 Å². The van der Waals surface area contributed by atoms with Crippen LogP contribution in [-0.4, -0.2) is 25.9 Å². The van der Waals surface area contributed by atoms with E-state index in [1.165, 1.54) is 24.9 Å². The van der Waals surface area contributed by atoms with Crippen molar-refractivity contribution in [3.8, 4) is 0 Å². The Bertz CT molecular complexity index is 656. The van der Waals surface area contributed by atoms with Gasteiger partial charge in [0.05, 0.1) is 5.92 Å². The van der Waals surface area contributed by atoms with Gasteiger partial charge in [0.25, 0.3) is 0 Å². The Balaban J connectivity index is 0.000000277. The van der Waals surface area contributed by atoms with Crippen molar-refractivity contribution < 1.29 is 4.70 Å². The zero-order valence-corrected chi connectivity index (χ0v) is 21.6. The molecule has 0 aromatic heterocycles. The molecule has 0 saturated heterocycles. The van der Waals surface area contributed by atoms with Gasteiger partial charge in [0, 0.05) is 17.2 Å². The van der Waals surface area contributed by atoms with Gasteiger partial charge in [0.15, 0.2) is 6.54 Å². The summed E-state index contributed by atoms with van der Waals surface area (Å²) in [6.45, 7) is 5.69. The van der Waals surface area contributed by atoms with Crippen LogP contribution in [0.1, 0.15) is 33.1 Å². The molecule has 1 aliphatic carbocycles. The molecule has 1 fully saturated rings. The van der Waals surface area contributed by atoms with Crippen LogP contribution in [0.3, 0.4) is 0 Å². The molecule has 1 aromatic carbocycles. The molecule has 144 valence electrons. The Labute approximate surface area is 173 Å². The van der Waals surface area contributed by atoms with Crippen molar-refractivity contribution in [1.82, 2.24) is 0 Å². The Morgan fingerprint density at radius 3 is 2.04 bits per heavy atom. The van der Waals surface area contributed by atoms with Crippen molar-refractivity contribution >= 4 is 79.4 Å². The molecule has 1 saturated carbocycles. The average molecular weight is 598 g/mol. The molecule has 0 unspecified atom stereocenters.